The molecule has 1 N–H and O–H groups in total. The minimum absolute atomic E-state index is 0.205. The average Bonchev–Trinajstić information content (AvgIpc) is 2.55. The number of aromatic nitrogens is 2. The van der Waals surface area contributed by atoms with E-state index in [9.17, 15) is 4.79 Å². The van der Waals surface area contributed by atoms with Crippen molar-refractivity contribution in [1.82, 2.24) is 9.78 Å². The second-order valence-electron chi connectivity index (χ2n) is 5.94. The van der Waals surface area contributed by atoms with E-state index in [-0.39, 0.29) is 10.6 Å². The number of hydrogen-bond donors (Lipinski definition) is 1. The first kappa shape index (κ1) is 15.1. The van der Waals surface area contributed by atoms with Crippen LogP contribution in [0, 0.1) is 5.92 Å². The zero-order valence-corrected chi connectivity index (χ0v) is 13.4. The van der Waals surface area contributed by atoms with Gasteiger partial charge in [0.15, 0.2) is 0 Å². The maximum absolute atomic E-state index is 12.4. The van der Waals surface area contributed by atoms with Gasteiger partial charge in [0.25, 0.3) is 5.56 Å². The summed E-state index contributed by atoms with van der Waals surface area (Å²) in [7, 11) is 0. The molecule has 1 aromatic heterocycles. The Morgan fingerprint density at radius 3 is 2.68 bits per heavy atom. The van der Waals surface area contributed by atoms with Crippen molar-refractivity contribution in [3.8, 4) is 5.69 Å². The number of halogens is 1. The Bertz CT molecular complexity index is 699. The molecule has 1 fully saturated rings. The third kappa shape index (κ3) is 3.02. The quantitative estimate of drug-likeness (QED) is 0.934. The van der Waals surface area contributed by atoms with E-state index in [0.717, 1.165) is 6.42 Å². The second-order valence-corrected chi connectivity index (χ2v) is 6.32. The van der Waals surface area contributed by atoms with Crippen LogP contribution < -0.4 is 10.9 Å². The molecule has 5 heteroatoms. The third-order valence-electron chi connectivity index (χ3n) is 4.37. The topological polar surface area (TPSA) is 46.9 Å². The van der Waals surface area contributed by atoms with Crippen LogP contribution in [0.1, 0.15) is 32.6 Å². The molecular weight excluding hydrogens is 298 g/mol. The van der Waals surface area contributed by atoms with E-state index in [2.05, 4.69) is 17.3 Å². The fourth-order valence-electron chi connectivity index (χ4n) is 3.02. The molecular formula is C17H20ClN3O. The summed E-state index contributed by atoms with van der Waals surface area (Å²) in [5.74, 6) is 0.585. The van der Waals surface area contributed by atoms with Crippen LogP contribution >= 0.6 is 11.6 Å². The van der Waals surface area contributed by atoms with Gasteiger partial charge in [-0.25, -0.2) is 0 Å². The van der Waals surface area contributed by atoms with Crippen LogP contribution in [0.4, 0.5) is 5.69 Å². The third-order valence-corrected chi connectivity index (χ3v) is 4.74. The van der Waals surface area contributed by atoms with Gasteiger partial charge in [-0.1, -0.05) is 49.6 Å². The predicted molar refractivity (Wildman–Crippen MR) is 89.9 cm³/mol. The molecule has 0 saturated heterocycles. The molecule has 2 atom stereocenters. The van der Waals surface area contributed by atoms with E-state index in [1.165, 1.54) is 23.9 Å². The van der Waals surface area contributed by atoms with Crippen LogP contribution in [0.25, 0.3) is 5.69 Å². The zero-order valence-electron chi connectivity index (χ0n) is 12.6. The van der Waals surface area contributed by atoms with Crippen LogP contribution in [0.2, 0.25) is 5.02 Å². The SMILES string of the molecule is C[C@H]1CCCC[C@@H]1Nc1cnn(-c2ccccc2)c(=O)c1Cl. The van der Waals surface area contributed by atoms with E-state index in [0.29, 0.717) is 23.3 Å². The van der Waals surface area contributed by atoms with Gasteiger partial charge >= 0.3 is 0 Å². The van der Waals surface area contributed by atoms with Gasteiger partial charge < -0.3 is 5.32 Å². The summed E-state index contributed by atoms with van der Waals surface area (Å²) in [5, 5.41) is 7.87. The Morgan fingerprint density at radius 1 is 1.23 bits per heavy atom. The molecule has 1 heterocycles. The van der Waals surface area contributed by atoms with Gasteiger partial charge in [-0.3, -0.25) is 4.79 Å². The normalized spacial score (nSPS) is 21.5. The molecule has 0 radical (unpaired) electrons. The van der Waals surface area contributed by atoms with Gasteiger partial charge in [0.05, 0.1) is 17.6 Å². The molecule has 3 rings (SSSR count). The monoisotopic (exact) mass is 317 g/mol. The van der Waals surface area contributed by atoms with Crippen molar-refractivity contribution >= 4 is 17.3 Å². The molecule has 1 aromatic carbocycles. The minimum Gasteiger partial charge on any atom is -0.379 e. The van der Waals surface area contributed by atoms with Crippen LogP contribution in [0.5, 0.6) is 0 Å². The lowest BCUT2D eigenvalue weighted by molar-refractivity contribution is 0.349. The van der Waals surface area contributed by atoms with Crippen molar-refractivity contribution in [1.29, 1.82) is 0 Å². The first-order valence-electron chi connectivity index (χ1n) is 7.76. The molecule has 22 heavy (non-hydrogen) atoms. The van der Waals surface area contributed by atoms with Crippen molar-refractivity contribution in [3.05, 3.63) is 51.9 Å². The van der Waals surface area contributed by atoms with Crippen LogP contribution in [-0.4, -0.2) is 15.8 Å². The standard InChI is InChI=1S/C17H20ClN3O/c1-12-7-5-6-10-14(12)20-15-11-19-21(17(22)16(15)18)13-8-3-2-4-9-13/h2-4,8-9,11-12,14,20H,5-7,10H2,1H3/t12-,14-/m0/s1. The zero-order chi connectivity index (χ0) is 15.5. The average molecular weight is 318 g/mol. The number of rotatable bonds is 3. The first-order valence-corrected chi connectivity index (χ1v) is 8.14. The van der Waals surface area contributed by atoms with Gasteiger partial charge in [-0.15, -0.1) is 0 Å². The molecule has 0 bridgehead atoms. The smallest absolute Gasteiger partial charge is 0.292 e. The Morgan fingerprint density at radius 2 is 1.95 bits per heavy atom. The van der Waals surface area contributed by atoms with Gasteiger partial charge in [-0.2, -0.15) is 9.78 Å². The van der Waals surface area contributed by atoms with Crippen molar-refractivity contribution in [3.63, 3.8) is 0 Å². The fourth-order valence-corrected chi connectivity index (χ4v) is 3.20. The molecule has 2 aromatic rings. The first-order chi connectivity index (χ1) is 10.7. The second kappa shape index (κ2) is 6.53. The number of benzene rings is 1. The van der Waals surface area contributed by atoms with Crippen molar-refractivity contribution < 1.29 is 0 Å². The number of hydrogen-bond acceptors (Lipinski definition) is 3. The van der Waals surface area contributed by atoms with Crippen LogP contribution in [0.3, 0.4) is 0 Å². The Labute approximate surface area is 135 Å². The van der Waals surface area contributed by atoms with E-state index in [1.54, 1.807) is 6.20 Å². The molecule has 1 saturated carbocycles. The summed E-state index contributed by atoms with van der Waals surface area (Å²) >= 11 is 6.28. The lowest BCUT2D eigenvalue weighted by Crippen LogP contribution is -2.32. The predicted octanol–water partition coefficient (Wildman–Crippen LogP) is 3.88. The van der Waals surface area contributed by atoms with Gasteiger partial charge in [0, 0.05) is 6.04 Å². The van der Waals surface area contributed by atoms with Crippen LogP contribution in [-0.2, 0) is 0 Å². The van der Waals surface area contributed by atoms with Crippen LogP contribution in [0.15, 0.2) is 41.3 Å². The highest BCUT2D eigenvalue weighted by Gasteiger charge is 2.22. The molecule has 1 aliphatic carbocycles. The molecule has 0 aliphatic heterocycles. The summed E-state index contributed by atoms with van der Waals surface area (Å²) in [5.41, 5.74) is 1.06. The van der Waals surface area contributed by atoms with Crippen molar-refractivity contribution in [2.45, 2.75) is 38.6 Å². The molecule has 0 spiro atoms. The minimum atomic E-state index is -0.290. The highest BCUT2D eigenvalue weighted by Crippen LogP contribution is 2.28. The number of para-hydroxylation sites is 1. The van der Waals surface area contributed by atoms with E-state index in [4.69, 9.17) is 11.6 Å². The number of nitrogens with one attached hydrogen (secondary N) is 1. The Kier molecular flexibility index (Phi) is 4.48. The largest absolute Gasteiger partial charge is 0.379 e. The van der Waals surface area contributed by atoms with E-state index < -0.39 is 0 Å². The van der Waals surface area contributed by atoms with Gasteiger partial charge in [-0.05, 0) is 30.9 Å². The molecule has 1 aliphatic rings. The lowest BCUT2D eigenvalue weighted by Gasteiger charge is -2.30. The molecule has 0 amide bonds. The van der Waals surface area contributed by atoms with E-state index in [1.807, 2.05) is 30.3 Å². The lowest BCUT2D eigenvalue weighted by atomic mass is 9.86. The van der Waals surface area contributed by atoms with Gasteiger partial charge in [0.1, 0.15) is 5.02 Å². The van der Waals surface area contributed by atoms with Crippen molar-refractivity contribution in [2.24, 2.45) is 5.92 Å². The van der Waals surface area contributed by atoms with Gasteiger partial charge in [0.2, 0.25) is 0 Å². The molecule has 0 unspecified atom stereocenters. The maximum Gasteiger partial charge on any atom is 0.292 e. The maximum atomic E-state index is 12.4. The Balaban J connectivity index is 1.88. The highest BCUT2D eigenvalue weighted by molar-refractivity contribution is 6.32. The van der Waals surface area contributed by atoms with Crippen molar-refractivity contribution in [2.75, 3.05) is 5.32 Å². The Hall–Kier alpha value is -1.81. The van der Waals surface area contributed by atoms with E-state index >= 15 is 0 Å². The summed E-state index contributed by atoms with van der Waals surface area (Å²) in [4.78, 5) is 12.4. The fraction of sp³-hybridized carbons (Fsp3) is 0.412. The summed E-state index contributed by atoms with van der Waals surface area (Å²) < 4.78 is 1.33. The highest BCUT2D eigenvalue weighted by atomic mass is 35.5. The summed E-state index contributed by atoms with van der Waals surface area (Å²) in [6, 6.07) is 9.67. The summed E-state index contributed by atoms with van der Waals surface area (Å²) in [6.07, 6.45) is 6.47. The summed E-state index contributed by atoms with van der Waals surface area (Å²) in [6.45, 7) is 2.24. The number of anilines is 1. The molecule has 4 nitrogen and oxygen atoms in total. The number of nitrogens with zero attached hydrogens (tertiary/aromatic N) is 2. The molecule has 116 valence electrons.